The van der Waals surface area contributed by atoms with Gasteiger partial charge in [0.25, 0.3) is 5.91 Å². The van der Waals surface area contributed by atoms with Crippen LogP contribution in [-0.2, 0) is 12.8 Å². The van der Waals surface area contributed by atoms with Gasteiger partial charge in [-0.1, -0.05) is 0 Å². The van der Waals surface area contributed by atoms with E-state index in [0.717, 1.165) is 36.4 Å². The number of carbonyl (C=O) groups is 1. The van der Waals surface area contributed by atoms with Crippen molar-refractivity contribution < 1.29 is 9.53 Å². The van der Waals surface area contributed by atoms with Crippen molar-refractivity contribution in [1.82, 2.24) is 15.3 Å². The van der Waals surface area contributed by atoms with Crippen LogP contribution in [0.2, 0.25) is 0 Å². The molecule has 0 radical (unpaired) electrons. The van der Waals surface area contributed by atoms with Crippen molar-refractivity contribution in [3.63, 3.8) is 0 Å². The lowest BCUT2D eigenvalue weighted by atomic mass is 10.1. The van der Waals surface area contributed by atoms with Gasteiger partial charge in [0.1, 0.15) is 11.6 Å². The number of nitrogens with one attached hydrogen (secondary N) is 2. The molecule has 0 spiro atoms. The van der Waals surface area contributed by atoms with E-state index in [1.165, 1.54) is 0 Å². The molecule has 1 aromatic heterocycles. The number of ether oxygens (including phenoxy) is 1. The molecule has 0 atom stereocenters. The Bertz CT molecular complexity index is 593. The number of nitrogens with zero attached hydrogens (tertiary/aromatic N) is 1. The van der Waals surface area contributed by atoms with E-state index in [4.69, 9.17) is 4.74 Å². The quantitative estimate of drug-likeness (QED) is 0.813. The van der Waals surface area contributed by atoms with E-state index in [-0.39, 0.29) is 5.91 Å². The highest BCUT2D eigenvalue weighted by Gasteiger charge is 2.14. The molecule has 0 saturated heterocycles. The second-order valence-electron chi connectivity index (χ2n) is 4.82. The number of hydrogen-bond donors (Lipinski definition) is 2. The van der Waals surface area contributed by atoms with Gasteiger partial charge in [-0.25, -0.2) is 4.98 Å². The summed E-state index contributed by atoms with van der Waals surface area (Å²) < 4.78 is 5.43. The summed E-state index contributed by atoms with van der Waals surface area (Å²) in [5.41, 5.74) is 1.82. The Morgan fingerprint density at radius 1 is 1.45 bits per heavy atom. The molecule has 3 rings (SSSR count). The summed E-state index contributed by atoms with van der Waals surface area (Å²) in [6, 6.07) is 5.61. The third kappa shape index (κ3) is 2.82. The minimum atomic E-state index is -0.0286. The summed E-state index contributed by atoms with van der Waals surface area (Å²) in [6.07, 6.45) is 6.13. The number of carbonyl (C=O) groups excluding carboxylic acids is 1. The van der Waals surface area contributed by atoms with E-state index in [0.29, 0.717) is 18.7 Å². The van der Waals surface area contributed by atoms with Crippen LogP contribution in [0.15, 0.2) is 30.6 Å². The number of aromatic nitrogens is 2. The lowest BCUT2D eigenvalue weighted by Crippen LogP contribution is -2.24. The maximum Gasteiger partial charge on any atom is 0.251 e. The maximum atomic E-state index is 12.0. The summed E-state index contributed by atoms with van der Waals surface area (Å²) in [7, 11) is 0. The topological polar surface area (TPSA) is 67.0 Å². The number of hydrogen-bond acceptors (Lipinski definition) is 3. The number of aryl methyl sites for hydroxylation is 1. The Morgan fingerprint density at radius 2 is 2.40 bits per heavy atom. The smallest absolute Gasteiger partial charge is 0.251 e. The zero-order valence-corrected chi connectivity index (χ0v) is 11.2. The van der Waals surface area contributed by atoms with Gasteiger partial charge >= 0.3 is 0 Å². The lowest BCUT2D eigenvalue weighted by molar-refractivity contribution is 0.0953. The van der Waals surface area contributed by atoms with Crippen LogP contribution in [0.25, 0.3) is 0 Å². The van der Waals surface area contributed by atoms with Crippen molar-refractivity contribution in [2.24, 2.45) is 0 Å². The Hall–Kier alpha value is -2.30. The van der Waals surface area contributed by atoms with Crippen molar-refractivity contribution in [3.05, 3.63) is 47.5 Å². The first-order valence-corrected chi connectivity index (χ1v) is 6.85. The Morgan fingerprint density at radius 3 is 3.25 bits per heavy atom. The number of aromatic amines is 1. The summed E-state index contributed by atoms with van der Waals surface area (Å²) in [5, 5.41) is 2.93. The molecule has 0 unspecified atom stereocenters. The van der Waals surface area contributed by atoms with Gasteiger partial charge in [-0.3, -0.25) is 4.79 Å². The normalized spacial score (nSPS) is 12.8. The van der Waals surface area contributed by atoms with Gasteiger partial charge in [0.15, 0.2) is 0 Å². The first-order chi connectivity index (χ1) is 9.83. The highest BCUT2D eigenvalue weighted by atomic mass is 16.5. The second-order valence-corrected chi connectivity index (χ2v) is 4.82. The highest BCUT2D eigenvalue weighted by Crippen LogP contribution is 2.25. The van der Waals surface area contributed by atoms with Gasteiger partial charge in [0, 0.05) is 37.3 Å². The van der Waals surface area contributed by atoms with Crippen LogP contribution in [0.3, 0.4) is 0 Å². The first-order valence-electron chi connectivity index (χ1n) is 6.85. The molecule has 2 aromatic rings. The molecular weight excluding hydrogens is 254 g/mol. The molecule has 5 nitrogen and oxygen atoms in total. The molecular formula is C15H17N3O2. The molecule has 20 heavy (non-hydrogen) atoms. The average Bonchev–Trinajstić information content (AvgIpc) is 3.13. The number of fused-ring (bicyclic) bond motifs is 1. The maximum absolute atomic E-state index is 12.0. The fraction of sp³-hybridized carbons (Fsp3) is 0.333. The molecule has 0 bridgehead atoms. The molecule has 1 aliphatic heterocycles. The van der Waals surface area contributed by atoms with Crippen molar-refractivity contribution in [1.29, 1.82) is 0 Å². The lowest BCUT2D eigenvalue weighted by Gasteiger charge is -2.06. The molecule has 2 N–H and O–H groups in total. The van der Waals surface area contributed by atoms with Gasteiger partial charge in [-0.15, -0.1) is 0 Å². The Kier molecular flexibility index (Phi) is 3.67. The summed E-state index contributed by atoms with van der Waals surface area (Å²) in [6.45, 7) is 1.36. The third-order valence-electron chi connectivity index (χ3n) is 3.38. The minimum absolute atomic E-state index is 0.0286. The van der Waals surface area contributed by atoms with Crippen LogP contribution in [0.4, 0.5) is 0 Å². The van der Waals surface area contributed by atoms with Crippen molar-refractivity contribution in [3.8, 4) is 5.75 Å². The van der Waals surface area contributed by atoms with Crippen LogP contribution in [-0.4, -0.2) is 29.0 Å². The van der Waals surface area contributed by atoms with Crippen molar-refractivity contribution >= 4 is 5.91 Å². The minimum Gasteiger partial charge on any atom is -0.493 e. The molecule has 2 heterocycles. The Labute approximate surface area is 117 Å². The SMILES string of the molecule is O=C(NCCCc1ncc[nH]1)c1ccc2c(c1)CCO2. The monoisotopic (exact) mass is 271 g/mol. The van der Waals surface area contributed by atoms with Gasteiger partial charge in [0.2, 0.25) is 0 Å². The van der Waals surface area contributed by atoms with Gasteiger partial charge in [0.05, 0.1) is 6.61 Å². The first kappa shape index (κ1) is 12.7. The fourth-order valence-corrected chi connectivity index (χ4v) is 2.32. The van der Waals surface area contributed by atoms with Crippen LogP contribution in [0.1, 0.15) is 28.2 Å². The number of benzene rings is 1. The van der Waals surface area contributed by atoms with Crippen LogP contribution in [0, 0.1) is 0 Å². The van der Waals surface area contributed by atoms with Gasteiger partial charge in [-0.05, 0) is 30.2 Å². The molecule has 104 valence electrons. The van der Waals surface area contributed by atoms with Crippen LogP contribution < -0.4 is 10.1 Å². The number of amides is 1. The van der Waals surface area contributed by atoms with Crippen molar-refractivity contribution in [2.75, 3.05) is 13.2 Å². The van der Waals surface area contributed by atoms with E-state index in [1.807, 2.05) is 18.2 Å². The number of H-pyrrole nitrogens is 1. The molecule has 5 heteroatoms. The zero-order valence-electron chi connectivity index (χ0n) is 11.2. The van der Waals surface area contributed by atoms with E-state index < -0.39 is 0 Å². The Balaban J connectivity index is 1.49. The molecule has 0 saturated carbocycles. The molecule has 0 fully saturated rings. The van der Waals surface area contributed by atoms with E-state index in [2.05, 4.69) is 15.3 Å². The van der Waals surface area contributed by atoms with E-state index in [9.17, 15) is 4.79 Å². The number of imidazole rings is 1. The largest absolute Gasteiger partial charge is 0.493 e. The molecule has 1 aromatic carbocycles. The fourth-order valence-electron chi connectivity index (χ4n) is 2.32. The summed E-state index contributed by atoms with van der Waals surface area (Å²) >= 11 is 0. The van der Waals surface area contributed by atoms with E-state index >= 15 is 0 Å². The van der Waals surface area contributed by atoms with Gasteiger partial charge in [-0.2, -0.15) is 0 Å². The predicted molar refractivity (Wildman–Crippen MR) is 74.9 cm³/mol. The second kappa shape index (κ2) is 5.77. The molecule has 1 amide bonds. The average molecular weight is 271 g/mol. The standard InChI is InChI=1S/C15H17N3O2/c19-15(18-6-1-2-14-16-7-8-17-14)12-3-4-13-11(10-12)5-9-20-13/h3-4,7-8,10H,1-2,5-6,9H2,(H,16,17)(H,18,19). The highest BCUT2D eigenvalue weighted by molar-refractivity contribution is 5.94. The molecule has 0 aliphatic carbocycles. The van der Waals surface area contributed by atoms with Crippen LogP contribution >= 0.6 is 0 Å². The number of rotatable bonds is 5. The summed E-state index contributed by atoms with van der Waals surface area (Å²) in [5.74, 6) is 1.83. The summed E-state index contributed by atoms with van der Waals surface area (Å²) in [4.78, 5) is 19.2. The van der Waals surface area contributed by atoms with Gasteiger partial charge < -0.3 is 15.0 Å². The molecule has 1 aliphatic rings. The van der Waals surface area contributed by atoms with E-state index in [1.54, 1.807) is 12.4 Å². The van der Waals surface area contributed by atoms with Crippen molar-refractivity contribution in [2.45, 2.75) is 19.3 Å². The van der Waals surface area contributed by atoms with Crippen LogP contribution in [0.5, 0.6) is 5.75 Å². The zero-order chi connectivity index (χ0) is 13.8. The predicted octanol–water partition coefficient (Wildman–Crippen LogP) is 1.71. The third-order valence-corrected chi connectivity index (χ3v) is 3.38.